The zero-order chi connectivity index (χ0) is 19.8. The number of aryl methyl sites for hydroxylation is 1. The van der Waals surface area contributed by atoms with E-state index >= 15 is 0 Å². The molecule has 2 amide bonds. The second-order valence-electron chi connectivity index (χ2n) is 6.33. The highest BCUT2D eigenvalue weighted by Gasteiger charge is 2.20. The Labute approximate surface area is 159 Å². The summed E-state index contributed by atoms with van der Waals surface area (Å²) < 4.78 is 0. The number of benzene rings is 2. The summed E-state index contributed by atoms with van der Waals surface area (Å²) in [4.78, 5) is 26.4. The van der Waals surface area contributed by atoms with Gasteiger partial charge < -0.3 is 10.6 Å². The number of para-hydroxylation sites is 1. The number of carbonyl (C=O) groups excluding carboxylic acids is 2. The molecule has 0 spiro atoms. The monoisotopic (exact) mass is 364 g/mol. The van der Waals surface area contributed by atoms with E-state index in [-0.39, 0.29) is 18.4 Å². The lowest BCUT2D eigenvalue weighted by molar-refractivity contribution is -0.122. The number of likely N-dealkylation sites (N-methyl/N-ethyl adjacent to an activating group) is 1. The second-order valence-corrected chi connectivity index (χ2v) is 6.33. The van der Waals surface area contributed by atoms with Crippen molar-refractivity contribution in [2.45, 2.75) is 26.3 Å². The Morgan fingerprint density at radius 2 is 1.89 bits per heavy atom. The van der Waals surface area contributed by atoms with E-state index in [0.29, 0.717) is 11.3 Å². The summed E-state index contributed by atoms with van der Waals surface area (Å²) in [5.41, 5.74) is 2.89. The molecule has 0 radical (unpaired) electrons. The molecule has 27 heavy (non-hydrogen) atoms. The lowest BCUT2D eigenvalue weighted by atomic mass is 10.1. The Hall–Kier alpha value is -3.17. The minimum atomic E-state index is -0.511. The molecule has 6 heteroatoms. The van der Waals surface area contributed by atoms with Gasteiger partial charge in [-0.05, 0) is 50.2 Å². The first-order valence-corrected chi connectivity index (χ1v) is 8.83. The highest BCUT2D eigenvalue weighted by molar-refractivity contribution is 5.96. The highest BCUT2D eigenvalue weighted by Crippen LogP contribution is 2.15. The van der Waals surface area contributed by atoms with Gasteiger partial charge in [0.1, 0.15) is 0 Å². The van der Waals surface area contributed by atoms with Gasteiger partial charge in [-0.25, -0.2) is 0 Å². The van der Waals surface area contributed by atoms with Crippen LogP contribution in [0.15, 0.2) is 48.5 Å². The molecule has 1 atom stereocenters. The highest BCUT2D eigenvalue weighted by atomic mass is 16.2. The fourth-order valence-corrected chi connectivity index (χ4v) is 2.62. The Morgan fingerprint density at radius 3 is 2.59 bits per heavy atom. The van der Waals surface area contributed by atoms with Crippen LogP contribution in [0.2, 0.25) is 0 Å². The van der Waals surface area contributed by atoms with Crippen molar-refractivity contribution in [3.05, 3.63) is 59.7 Å². The van der Waals surface area contributed by atoms with E-state index in [1.807, 2.05) is 37.3 Å². The normalized spacial score (nSPS) is 11.5. The Bertz CT molecular complexity index is 857. The van der Waals surface area contributed by atoms with Crippen molar-refractivity contribution in [2.24, 2.45) is 0 Å². The van der Waals surface area contributed by atoms with Crippen LogP contribution in [0.3, 0.4) is 0 Å². The number of hydrogen-bond donors (Lipinski definition) is 2. The molecule has 0 heterocycles. The van der Waals surface area contributed by atoms with E-state index in [4.69, 9.17) is 5.26 Å². The van der Waals surface area contributed by atoms with Crippen molar-refractivity contribution in [3.8, 4) is 6.07 Å². The molecule has 1 unspecified atom stereocenters. The minimum absolute atomic E-state index is 0.0882. The molecule has 0 aromatic heterocycles. The topological polar surface area (TPSA) is 85.2 Å². The fraction of sp³-hybridized carbons (Fsp3) is 0.286. The Kier molecular flexibility index (Phi) is 7.09. The van der Waals surface area contributed by atoms with E-state index in [1.54, 1.807) is 43.1 Å². The Balaban J connectivity index is 1.93. The third-order valence-electron chi connectivity index (χ3n) is 4.37. The predicted octanol–water partition coefficient (Wildman–Crippen LogP) is 3.02. The van der Waals surface area contributed by atoms with Crippen molar-refractivity contribution in [3.63, 3.8) is 0 Å². The zero-order valence-electron chi connectivity index (χ0n) is 15.8. The van der Waals surface area contributed by atoms with E-state index in [9.17, 15) is 9.59 Å². The maximum atomic E-state index is 12.4. The second kappa shape index (κ2) is 9.51. The van der Waals surface area contributed by atoms with Crippen molar-refractivity contribution >= 4 is 23.2 Å². The number of carbonyl (C=O) groups is 2. The van der Waals surface area contributed by atoms with Gasteiger partial charge in [-0.1, -0.05) is 31.2 Å². The fourth-order valence-electron chi connectivity index (χ4n) is 2.62. The van der Waals surface area contributed by atoms with Crippen LogP contribution in [0, 0.1) is 11.3 Å². The number of rotatable bonds is 7. The van der Waals surface area contributed by atoms with Gasteiger partial charge >= 0.3 is 0 Å². The molecule has 0 aliphatic heterocycles. The van der Waals surface area contributed by atoms with E-state index in [2.05, 4.69) is 10.6 Å². The van der Waals surface area contributed by atoms with Crippen LogP contribution in [0.25, 0.3) is 0 Å². The van der Waals surface area contributed by atoms with Gasteiger partial charge in [0.15, 0.2) is 0 Å². The molecule has 140 valence electrons. The van der Waals surface area contributed by atoms with Gasteiger partial charge in [0.25, 0.3) is 0 Å². The first kappa shape index (κ1) is 20.1. The van der Waals surface area contributed by atoms with Gasteiger partial charge in [0.05, 0.1) is 24.2 Å². The maximum Gasteiger partial charge on any atom is 0.241 e. The maximum absolute atomic E-state index is 12.4. The van der Waals surface area contributed by atoms with Crippen LogP contribution in [-0.4, -0.2) is 36.3 Å². The average Bonchev–Trinajstić information content (AvgIpc) is 2.67. The van der Waals surface area contributed by atoms with Crippen LogP contribution < -0.4 is 10.6 Å². The molecular weight excluding hydrogens is 340 g/mol. The summed E-state index contributed by atoms with van der Waals surface area (Å²) in [5.74, 6) is -0.418. The number of nitriles is 1. The van der Waals surface area contributed by atoms with Gasteiger partial charge in [-0.2, -0.15) is 5.26 Å². The SMILES string of the molecule is CCc1ccccc1NC(=O)CN(C)C(C)C(=O)Nc1cccc(C#N)c1. The molecule has 2 aromatic carbocycles. The molecule has 2 aromatic rings. The van der Waals surface area contributed by atoms with Gasteiger partial charge in [-0.15, -0.1) is 0 Å². The number of nitrogens with zero attached hydrogens (tertiary/aromatic N) is 2. The first-order valence-electron chi connectivity index (χ1n) is 8.83. The molecule has 0 saturated carbocycles. The minimum Gasteiger partial charge on any atom is -0.325 e. The summed E-state index contributed by atoms with van der Waals surface area (Å²) in [7, 11) is 1.72. The molecule has 6 nitrogen and oxygen atoms in total. The lowest BCUT2D eigenvalue weighted by Crippen LogP contribution is -2.43. The summed E-state index contributed by atoms with van der Waals surface area (Å²) >= 11 is 0. The molecule has 2 N–H and O–H groups in total. The van der Waals surface area contributed by atoms with Gasteiger partial charge in [-0.3, -0.25) is 14.5 Å². The van der Waals surface area contributed by atoms with Crippen LogP contribution in [-0.2, 0) is 16.0 Å². The number of anilines is 2. The van der Waals surface area contributed by atoms with Crippen LogP contribution in [0.4, 0.5) is 11.4 Å². The number of hydrogen-bond acceptors (Lipinski definition) is 4. The average molecular weight is 364 g/mol. The zero-order valence-corrected chi connectivity index (χ0v) is 15.8. The van der Waals surface area contributed by atoms with E-state index in [1.165, 1.54) is 0 Å². The third kappa shape index (κ3) is 5.66. The smallest absolute Gasteiger partial charge is 0.241 e. The summed E-state index contributed by atoms with van der Waals surface area (Å²) in [6.07, 6.45) is 0.826. The van der Waals surface area contributed by atoms with Crippen molar-refractivity contribution in [2.75, 3.05) is 24.2 Å². The predicted molar refractivity (Wildman–Crippen MR) is 106 cm³/mol. The summed E-state index contributed by atoms with van der Waals surface area (Å²) in [6.45, 7) is 3.85. The number of amides is 2. The molecule has 0 saturated heterocycles. The lowest BCUT2D eigenvalue weighted by Gasteiger charge is -2.23. The van der Waals surface area contributed by atoms with E-state index in [0.717, 1.165) is 17.7 Å². The van der Waals surface area contributed by atoms with E-state index < -0.39 is 6.04 Å². The van der Waals surface area contributed by atoms with Crippen molar-refractivity contribution in [1.29, 1.82) is 5.26 Å². The molecule has 2 rings (SSSR count). The quantitative estimate of drug-likeness (QED) is 0.791. The standard InChI is InChI=1S/C21H24N4O2/c1-4-17-9-5-6-11-19(17)24-20(26)14-25(3)15(2)21(27)23-18-10-7-8-16(12-18)13-22/h5-12,15H,4,14H2,1-3H3,(H,23,27)(H,24,26). The molecule has 0 aliphatic rings. The molecule has 0 fully saturated rings. The van der Waals surface area contributed by atoms with Gasteiger partial charge in [0, 0.05) is 11.4 Å². The van der Waals surface area contributed by atoms with Crippen molar-refractivity contribution < 1.29 is 9.59 Å². The molecule has 0 aliphatic carbocycles. The van der Waals surface area contributed by atoms with Crippen LogP contribution in [0.1, 0.15) is 25.0 Å². The Morgan fingerprint density at radius 1 is 1.15 bits per heavy atom. The molecular formula is C21H24N4O2. The third-order valence-corrected chi connectivity index (χ3v) is 4.37. The van der Waals surface area contributed by atoms with Crippen molar-refractivity contribution in [1.82, 2.24) is 4.90 Å². The first-order chi connectivity index (χ1) is 12.9. The van der Waals surface area contributed by atoms with Crippen LogP contribution in [0.5, 0.6) is 0 Å². The number of nitrogens with one attached hydrogen (secondary N) is 2. The largest absolute Gasteiger partial charge is 0.325 e. The molecule has 0 bridgehead atoms. The summed E-state index contributed by atoms with van der Waals surface area (Å²) in [6, 6.07) is 15.9. The van der Waals surface area contributed by atoms with Crippen LogP contribution >= 0.6 is 0 Å². The summed E-state index contributed by atoms with van der Waals surface area (Å²) in [5, 5.41) is 14.6. The van der Waals surface area contributed by atoms with Gasteiger partial charge in [0.2, 0.25) is 11.8 Å².